The van der Waals surface area contributed by atoms with Gasteiger partial charge in [0.15, 0.2) is 0 Å². The minimum absolute atomic E-state index is 0.215. The molecule has 0 fully saturated rings. The van der Waals surface area contributed by atoms with Gasteiger partial charge in [0.05, 0.1) is 0 Å². The summed E-state index contributed by atoms with van der Waals surface area (Å²) < 4.78 is 0. The molecule has 2 unspecified atom stereocenters. The minimum Gasteiger partial charge on any atom is -0.364 e. The Morgan fingerprint density at radius 3 is 1.23 bits per heavy atom. The number of nitrogens with one attached hydrogen (secondary N) is 2. The van der Waals surface area contributed by atoms with E-state index in [1.807, 2.05) is 12.4 Å². The van der Waals surface area contributed by atoms with Crippen molar-refractivity contribution in [2.75, 3.05) is 0 Å². The lowest BCUT2D eigenvalue weighted by Gasteiger charge is -2.27. The number of aryl methyl sites for hydroxylation is 2. The van der Waals surface area contributed by atoms with Crippen LogP contribution in [0.15, 0.2) is 85.2 Å². The van der Waals surface area contributed by atoms with Crippen molar-refractivity contribution in [2.24, 2.45) is 0 Å². The molecule has 0 saturated heterocycles. The van der Waals surface area contributed by atoms with E-state index in [0.29, 0.717) is 0 Å². The fraction of sp³-hybridized carbons (Fsp3) is 0.167. The Kier molecular flexibility index (Phi) is 4.49. The second kappa shape index (κ2) is 7.09. The molecule has 0 amide bonds. The highest BCUT2D eigenvalue weighted by atomic mass is 14.7. The molecule has 0 spiro atoms. The van der Waals surface area contributed by atoms with Crippen LogP contribution in [0.2, 0.25) is 0 Å². The van der Waals surface area contributed by atoms with E-state index < -0.39 is 0 Å². The van der Waals surface area contributed by atoms with Crippen LogP contribution < -0.4 is 0 Å². The van der Waals surface area contributed by atoms with Gasteiger partial charge in [0.25, 0.3) is 0 Å². The van der Waals surface area contributed by atoms with E-state index in [1.54, 1.807) is 0 Å². The van der Waals surface area contributed by atoms with Crippen LogP contribution in [0.1, 0.15) is 45.5 Å². The van der Waals surface area contributed by atoms with Crippen LogP contribution in [0.3, 0.4) is 0 Å². The zero-order valence-electron chi connectivity index (χ0n) is 15.2. The lowest BCUT2D eigenvalue weighted by molar-refractivity contribution is 0.664. The highest BCUT2D eigenvalue weighted by molar-refractivity contribution is 5.42. The van der Waals surface area contributed by atoms with E-state index in [4.69, 9.17) is 0 Å². The van der Waals surface area contributed by atoms with Crippen molar-refractivity contribution >= 4 is 0 Å². The van der Waals surface area contributed by atoms with Crippen molar-refractivity contribution < 1.29 is 0 Å². The molecule has 4 rings (SSSR count). The molecule has 0 aliphatic rings. The van der Waals surface area contributed by atoms with Crippen molar-refractivity contribution in [1.29, 1.82) is 0 Å². The van der Waals surface area contributed by atoms with Crippen LogP contribution in [-0.2, 0) is 0 Å². The highest BCUT2D eigenvalue weighted by Crippen LogP contribution is 2.41. The molecule has 0 aliphatic carbocycles. The average Bonchev–Trinajstić information content (AvgIpc) is 3.36. The van der Waals surface area contributed by atoms with E-state index in [-0.39, 0.29) is 11.8 Å². The molecule has 0 saturated carbocycles. The number of benzene rings is 2. The summed E-state index contributed by atoms with van der Waals surface area (Å²) in [5.41, 5.74) is 7.66. The Balaban J connectivity index is 1.89. The summed E-state index contributed by atoms with van der Waals surface area (Å²) in [6.07, 6.45) is 4.02. The molecule has 2 heteroatoms. The van der Waals surface area contributed by atoms with Crippen LogP contribution >= 0.6 is 0 Å². The van der Waals surface area contributed by atoms with E-state index >= 15 is 0 Å². The molecular formula is C24H24N2. The molecule has 0 radical (unpaired) electrons. The lowest BCUT2D eigenvalue weighted by Crippen LogP contribution is -2.15. The molecule has 26 heavy (non-hydrogen) atoms. The molecule has 2 nitrogen and oxygen atoms in total. The smallest absolute Gasteiger partial charge is 0.0364 e. The lowest BCUT2D eigenvalue weighted by atomic mass is 9.77. The maximum absolute atomic E-state index is 3.46. The molecule has 2 N–H and O–H groups in total. The maximum atomic E-state index is 3.46. The summed E-state index contributed by atoms with van der Waals surface area (Å²) in [5.74, 6) is 0.430. The summed E-state index contributed by atoms with van der Waals surface area (Å²) >= 11 is 0. The second-order valence-corrected chi connectivity index (χ2v) is 7.03. The van der Waals surface area contributed by atoms with Gasteiger partial charge >= 0.3 is 0 Å². The normalized spacial score (nSPS) is 13.5. The summed E-state index contributed by atoms with van der Waals surface area (Å²) in [4.78, 5) is 6.92. The second-order valence-electron chi connectivity index (χ2n) is 7.03. The van der Waals surface area contributed by atoms with E-state index in [9.17, 15) is 0 Å². The standard InChI is InChI=1S/C24H24N2/c1-17-7-11-19(12-8-17)23(21-5-3-15-25-21)24(22-6-4-16-26-22)20-13-9-18(2)10-14-20/h3-16,23-26H,1-2H3. The van der Waals surface area contributed by atoms with Gasteiger partial charge in [-0.15, -0.1) is 0 Å². The maximum Gasteiger partial charge on any atom is 0.0364 e. The highest BCUT2D eigenvalue weighted by Gasteiger charge is 2.29. The van der Waals surface area contributed by atoms with E-state index in [2.05, 4.69) is 96.6 Å². The average molecular weight is 340 g/mol. The Morgan fingerprint density at radius 1 is 0.538 bits per heavy atom. The van der Waals surface area contributed by atoms with E-state index in [1.165, 1.54) is 33.6 Å². The van der Waals surface area contributed by atoms with Crippen molar-refractivity contribution in [2.45, 2.75) is 25.7 Å². The van der Waals surface area contributed by atoms with Crippen molar-refractivity contribution in [1.82, 2.24) is 9.97 Å². The van der Waals surface area contributed by atoms with Gasteiger partial charge in [0.2, 0.25) is 0 Å². The van der Waals surface area contributed by atoms with Crippen LogP contribution in [0.5, 0.6) is 0 Å². The predicted octanol–water partition coefficient (Wildman–Crippen LogP) is 5.92. The molecule has 0 bridgehead atoms. The predicted molar refractivity (Wildman–Crippen MR) is 108 cm³/mol. The monoisotopic (exact) mass is 340 g/mol. The largest absolute Gasteiger partial charge is 0.364 e. The van der Waals surface area contributed by atoms with Crippen LogP contribution in [0.4, 0.5) is 0 Å². The SMILES string of the molecule is Cc1ccc(C(c2ccc[nH]2)C(c2ccc(C)cc2)c2ccc[nH]2)cc1. The topological polar surface area (TPSA) is 31.6 Å². The minimum atomic E-state index is 0.215. The first-order chi connectivity index (χ1) is 12.7. The number of aromatic nitrogens is 2. The van der Waals surface area contributed by atoms with Gasteiger partial charge in [-0.2, -0.15) is 0 Å². The van der Waals surface area contributed by atoms with Crippen LogP contribution in [-0.4, -0.2) is 9.97 Å². The third kappa shape index (κ3) is 3.23. The first kappa shape index (κ1) is 16.5. The molecule has 2 aromatic carbocycles. The third-order valence-electron chi connectivity index (χ3n) is 5.12. The van der Waals surface area contributed by atoms with Crippen molar-refractivity contribution in [3.63, 3.8) is 0 Å². The Hall–Kier alpha value is -3.00. The molecular weight excluding hydrogens is 316 g/mol. The van der Waals surface area contributed by atoms with Gasteiger partial charge in [0.1, 0.15) is 0 Å². The number of hydrogen-bond donors (Lipinski definition) is 2. The quantitative estimate of drug-likeness (QED) is 0.452. The summed E-state index contributed by atoms with van der Waals surface area (Å²) in [5, 5.41) is 0. The molecule has 4 aromatic rings. The molecule has 0 aliphatic heterocycles. The van der Waals surface area contributed by atoms with Gasteiger partial charge in [0, 0.05) is 35.6 Å². The summed E-state index contributed by atoms with van der Waals surface area (Å²) in [6, 6.07) is 26.4. The zero-order chi connectivity index (χ0) is 17.9. The number of H-pyrrole nitrogens is 2. The molecule has 2 heterocycles. The van der Waals surface area contributed by atoms with Gasteiger partial charge < -0.3 is 9.97 Å². The Morgan fingerprint density at radius 2 is 0.923 bits per heavy atom. The first-order valence-electron chi connectivity index (χ1n) is 9.12. The molecule has 130 valence electrons. The fourth-order valence-electron chi connectivity index (χ4n) is 3.73. The summed E-state index contributed by atoms with van der Waals surface area (Å²) in [6.45, 7) is 4.27. The van der Waals surface area contributed by atoms with Crippen molar-refractivity contribution in [3.05, 3.63) is 119 Å². The van der Waals surface area contributed by atoms with Crippen LogP contribution in [0.25, 0.3) is 0 Å². The number of rotatable bonds is 5. The molecule has 2 aromatic heterocycles. The van der Waals surface area contributed by atoms with Crippen molar-refractivity contribution in [3.8, 4) is 0 Å². The van der Waals surface area contributed by atoms with Crippen LogP contribution in [0, 0.1) is 13.8 Å². The number of aromatic amines is 2. The fourth-order valence-corrected chi connectivity index (χ4v) is 3.73. The molecule has 2 atom stereocenters. The van der Waals surface area contributed by atoms with Gasteiger partial charge in [-0.3, -0.25) is 0 Å². The summed E-state index contributed by atoms with van der Waals surface area (Å²) in [7, 11) is 0. The van der Waals surface area contributed by atoms with Gasteiger partial charge in [-0.05, 0) is 49.2 Å². The van der Waals surface area contributed by atoms with E-state index in [0.717, 1.165) is 0 Å². The third-order valence-corrected chi connectivity index (χ3v) is 5.12. The van der Waals surface area contributed by atoms with Gasteiger partial charge in [-0.25, -0.2) is 0 Å². The Labute approximate surface area is 154 Å². The van der Waals surface area contributed by atoms with Gasteiger partial charge in [-0.1, -0.05) is 59.7 Å². The Bertz CT molecular complexity index is 849. The zero-order valence-corrected chi connectivity index (χ0v) is 15.2. The first-order valence-corrected chi connectivity index (χ1v) is 9.12. The number of hydrogen-bond acceptors (Lipinski definition) is 0.